The van der Waals surface area contributed by atoms with Gasteiger partial charge in [0, 0.05) is 10.5 Å². The van der Waals surface area contributed by atoms with Crippen LogP contribution in [0.4, 0.5) is 0 Å². The first-order valence-electron chi connectivity index (χ1n) is 5.35. The maximum Gasteiger partial charge on any atom is 0.0339 e. The molecule has 2 fully saturated rings. The van der Waals surface area contributed by atoms with Crippen molar-refractivity contribution in [3.05, 3.63) is 12.7 Å². The van der Waals surface area contributed by atoms with Gasteiger partial charge in [0.05, 0.1) is 0 Å². The van der Waals surface area contributed by atoms with Gasteiger partial charge in [0.1, 0.15) is 0 Å². The zero-order valence-corrected chi connectivity index (χ0v) is 9.71. The molecule has 1 heterocycles. The molecule has 2 atom stereocenters. The van der Waals surface area contributed by atoms with Gasteiger partial charge in [-0.05, 0) is 25.2 Å². The molecule has 0 radical (unpaired) electrons. The molecule has 2 aliphatic rings. The third-order valence-electron chi connectivity index (χ3n) is 3.21. The Morgan fingerprint density at radius 2 is 1.85 bits per heavy atom. The molecule has 13 heavy (non-hydrogen) atoms. The topological polar surface area (TPSA) is 0 Å². The Bertz CT molecular complexity index is 173. The van der Waals surface area contributed by atoms with Gasteiger partial charge in [0.2, 0.25) is 0 Å². The van der Waals surface area contributed by atoms with Crippen LogP contribution >= 0.6 is 21.6 Å². The summed E-state index contributed by atoms with van der Waals surface area (Å²) in [7, 11) is 4.17. The molecule has 1 saturated heterocycles. The van der Waals surface area contributed by atoms with Gasteiger partial charge in [-0.3, -0.25) is 0 Å². The molecule has 0 bridgehead atoms. The molecule has 0 aromatic carbocycles. The average molecular weight is 214 g/mol. The van der Waals surface area contributed by atoms with Crippen LogP contribution in [0.15, 0.2) is 12.7 Å². The van der Waals surface area contributed by atoms with Crippen LogP contribution in [-0.4, -0.2) is 10.5 Å². The highest BCUT2D eigenvalue weighted by Crippen LogP contribution is 2.49. The van der Waals surface area contributed by atoms with E-state index in [2.05, 4.69) is 23.4 Å². The minimum Gasteiger partial charge on any atom is -0.102 e. The highest BCUT2D eigenvalue weighted by molar-refractivity contribution is 8.77. The van der Waals surface area contributed by atoms with Gasteiger partial charge in [0.15, 0.2) is 0 Å². The Morgan fingerprint density at radius 1 is 1.08 bits per heavy atom. The fourth-order valence-electron chi connectivity index (χ4n) is 2.36. The molecule has 1 aliphatic heterocycles. The molecule has 0 aromatic rings. The monoisotopic (exact) mass is 214 g/mol. The van der Waals surface area contributed by atoms with E-state index in [9.17, 15) is 0 Å². The highest BCUT2D eigenvalue weighted by Gasteiger charge is 2.31. The van der Waals surface area contributed by atoms with Crippen molar-refractivity contribution in [2.24, 2.45) is 5.92 Å². The van der Waals surface area contributed by atoms with E-state index >= 15 is 0 Å². The summed E-state index contributed by atoms with van der Waals surface area (Å²) in [6, 6.07) is 0. The second-order valence-corrected chi connectivity index (χ2v) is 6.89. The molecule has 0 nitrogen and oxygen atoms in total. The summed E-state index contributed by atoms with van der Waals surface area (Å²) in [5.74, 6) is 1.02. The fraction of sp³-hybridized carbons (Fsp3) is 0.818. The van der Waals surface area contributed by atoms with Crippen LogP contribution < -0.4 is 0 Å². The SMILES string of the molecule is C=CC1CC(C2CCCCC2)SS1. The van der Waals surface area contributed by atoms with Gasteiger partial charge < -0.3 is 0 Å². The predicted molar refractivity (Wildman–Crippen MR) is 64.1 cm³/mol. The Hall–Kier alpha value is 0.440. The number of rotatable bonds is 2. The summed E-state index contributed by atoms with van der Waals surface area (Å²) in [5.41, 5.74) is 0. The summed E-state index contributed by atoms with van der Waals surface area (Å²) >= 11 is 0. The van der Waals surface area contributed by atoms with Crippen LogP contribution in [0.3, 0.4) is 0 Å². The van der Waals surface area contributed by atoms with Gasteiger partial charge in [0.25, 0.3) is 0 Å². The first kappa shape index (κ1) is 9.97. The smallest absolute Gasteiger partial charge is 0.0339 e. The van der Waals surface area contributed by atoms with Gasteiger partial charge in [-0.15, -0.1) is 6.58 Å². The molecule has 2 rings (SSSR count). The van der Waals surface area contributed by atoms with Gasteiger partial charge >= 0.3 is 0 Å². The summed E-state index contributed by atoms with van der Waals surface area (Å²) in [6.45, 7) is 3.89. The van der Waals surface area contributed by atoms with E-state index in [4.69, 9.17) is 0 Å². The fourth-order valence-corrected chi connectivity index (χ4v) is 5.88. The van der Waals surface area contributed by atoms with E-state index in [1.54, 1.807) is 0 Å². The van der Waals surface area contributed by atoms with Gasteiger partial charge in [-0.2, -0.15) is 0 Å². The Kier molecular flexibility index (Phi) is 3.67. The van der Waals surface area contributed by atoms with E-state index in [0.29, 0.717) is 0 Å². The summed E-state index contributed by atoms with van der Waals surface area (Å²) in [5, 5.41) is 1.67. The Morgan fingerprint density at radius 3 is 2.46 bits per heavy atom. The minimum atomic E-state index is 0.733. The standard InChI is InChI=1S/C11H18S2/c1-2-10-8-11(13-12-10)9-6-4-3-5-7-9/h2,9-11H,1,3-8H2. The minimum absolute atomic E-state index is 0.733. The molecule has 2 unspecified atom stereocenters. The van der Waals surface area contributed by atoms with E-state index in [1.807, 2.05) is 10.8 Å². The highest BCUT2D eigenvalue weighted by atomic mass is 33.1. The van der Waals surface area contributed by atoms with E-state index in [0.717, 1.165) is 16.4 Å². The first-order valence-corrected chi connectivity index (χ1v) is 7.62. The molecule has 1 saturated carbocycles. The average Bonchev–Trinajstić information content (AvgIpc) is 2.67. The van der Waals surface area contributed by atoms with Crippen molar-refractivity contribution < 1.29 is 0 Å². The zero-order valence-electron chi connectivity index (χ0n) is 8.08. The second-order valence-electron chi connectivity index (χ2n) is 4.14. The van der Waals surface area contributed by atoms with Crippen molar-refractivity contribution in [2.75, 3.05) is 0 Å². The van der Waals surface area contributed by atoms with Crippen molar-refractivity contribution in [1.29, 1.82) is 0 Å². The van der Waals surface area contributed by atoms with Crippen LogP contribution in [0.25, 0.3) is 0 Å². The predicted octanol–water partition coefficient (Wildman–Crippen LogP) is 4.28. The zero-order chi connectivity index (χ0) is 9.10. The van der Waals surface area contributed by atoms with Crippen LogP contribution in [-0.2, 0) is 0 Å². The van der Waals surface area contributed by atoms with Crippen molar-refractivity contribution in [3.63, 3.8) is 0 Å². The summed E-state index contributed by atoms with van der Waals surface area (Å²) in [4.78, 5) is 0. The molecular formula is C11H18S2. The molecule has 74 valence electrons. The van der Waals surface area contributed by atoms with Crippen molar-refractivity contribution in [3.8, 4) is 0 Å². The van der Waals surface area contributed by atoms with Crippen LogP contribution in [0.2, 0.25) is 0 Å². The van der Waals surface area contributed by atoms with E-state index in [-0.39, 0.29) is 0 Å². The molecule has 0 N–H and O–H groups in total. The van der Waals surface area contributed by atoms with Gasteiger partial charge in [-0.1, -0.05) is 46.9 Å². The number of hydrogen-bond acceptors (Lipinski definition) is 2. The maximum atomic E-state index is 3.89. The molecule has 2 heteroatoms. The third kappa shape index (κ3) is 2.47. The summed E-state index contributed by atoms with van der Waals surface area (Å²) < 4.78 is 0. The van der Waals surface area contributed by atoms with Gasteiger partial charge in [-0.25, -0.2) is 0 Å². The van der Waals surface area contributed by atoms with Crippen molar-refractivity contribution in [2.45, 2.75) is 49.0 Å². The lowest BCUT2D eigenvalue weighted by atomic mass is 9.85. The van der Waals surface area contributed by atoms with E-state index in [1.165, 1.54) is 38.5 Å². The quantitative estimate of drug-likeness (QED) is 0.497. The lowest BCUT2D eigenvalue weighted by Gasteiger charge is -2.26. The van der Waals surface area contributed by atoms with E-state index < -0.39 is 0 Å². The number of hydrogen-bond donors (Lipinski definition) is 0. The normalized spacial score (nSPS) is 36.3. The molecule has 0 spiro atoms. The van der Waals surface area contributed by atoms with Crippen molar-refractivity contribution >= 4 is 21.6 Å². The second kappa shape index (κ2) is 4.79. The largest absolute Gasteiger partial charge is 0.102 e. The van der Waals surface area contributed by atoms with Crippen LogP contribution in [0, 0.1) is 5.92 Å². The van der Waals surface area contributed by atoms with Crippen molar-refractivity contribution in [1.82, 2.24) is 0 Å². The molecule has 0 amide bonds. The maximum absolute atomic E-state index is 3.89. The lowest BCUT2D eigenvalue weighted by molar-refractivity contribution is 0.345. The summed E-state index contributed by atoms with van der Waals surface area (Å²) in [6.07, 6.45) is 10.9. The van der Waals surface area contributed by atoms with Crippen LogP contribution in [0.5, 0.6) is 0 Å². The lowest BCUT2D eigenvalue weighted by Crippen LogP contribution is -2.18. The Labute approximate surface area is 89.3 Å². The third-order valence-corrected chi connectivity index (χ3v) is 6.59. The first-order chi connectivity index (χ1) is 6.40. The molecule has 0 aromatic heterocycles. The van der Waals surface area contributed by atoms with Crippen LogP contribution in [0.1, 0.15) is 38.5 Å². The Balaban J connectivity index is 1.83. The molecular weight excluding hydrogens is 196 g/mol. The molecule has 1 aliphatic carbocycles.